The highest BCUT2D eigenvalue weighted by Gasteiger charge is 2.34. The Bertz CT molecular complexity index is 1000. The number of carbonyl (C=O) groups is 1. The Morgan fingerprint density at radius 2 is 2.00 bits per heavy atom. The van der Waals surface area contributed by atoms with E-state index in [0.717, 1.165) is 12.5 Å². The molecule has 2 atom stereocenters. The topological polar surface area (TPSA) is 94.8 Å². The Balaban J connectivity index is 2.49. The number of carboxylic acid groups (broad SMARTS) is 1. The zero-order valence-corrected chi connectivity index (χ0v) is 18.6. The molecule has 2 rings (SSSR count). The Morgan fingerprint density at radius 3 is 2.55 bits per heavy atom. The molecular weight excluding hydrogens is 456 g/mol. The van der Waals surface area contributed by atoms with Crippen molar-refractivity contribution in [1.82, 2.24) is 0 Å². The van der Waals surface area contributed by atoms with Gasteiger partial charge in [-0.2, -0.15) is 13.2 Å². The van der Waals surface area contributed by atoms with Crippen LogP contribution in [-0.2, 0) is 15.5 Å². The lowest BCUT2D eigenvalue weighted by Crippen LogP contribution is -2.20. The lowest BCUT2D eigenvalue weighted by molar-refractivity contribution is -0.139. The first-order chi connectivity index (χ1) is 14.1. The van der Waals surface area contributed by atoms with Gasteiger partial charge in [0, 0.05) is 5.57 Å². The van der Waals surface area contributed by atoms with Crippen molar-refractivity contribution in [3.05, 3.63) is 39.9 Å². The van der Waals surface area contributed by atoms with E-state index in [1.54, 1.807) is 0 Å². The zero-order valence-electron chi connectivity index (χ0n) is 17.0. The highest BCUT2D eigenvalue weighted by molar-refractivity contribution is 7.63. The van der Waals surface area contributed by atoms with Crippen LogP contribution in [0.25, 0.3) is 5.57 Å². The summed E-state index contributed by atoms with van der Waals surface area (Å²) in [5, 5.41) is 17.9. The maximum atomic E-state index is 13.0. The Hall–Kier alpha value is -1.78. The molecule has 0 aliphatic heterocycles. The summed E-state index contributed by atoms with van der Waals surface area (Å²) in [6.07, 6.45) is -5.52. The van der Waals surface area contributed by atoms with Crippen LogP contribution in [0.2, 0.25) is 5.02 Å². The van der Waals surface area contributed by atoms with Gasteiger partial charge in [-0.15, -0.1) is 0 Å². The van der Waals surface area contributed by atoms with Crippen LogP contribution in [0.15, 0.2) is 23.8 Å². The molecule has 5 nitrogen and oxygen atoms in total. The van der Waals surface area contributed by atoms with E-state index >= 15 is 0 Å². The molecule has 0 saturated heterocycles. The first-order valence-electron chi connectivity index (χ1n) is 9.48. The summed E-state index contributed by atoms with van der Waals surface area (Å²) < 4.78 is 51.4. The van der Waals surface area contributed by atoms with Crippen molar-refractivity contribution in [3.63, 3.8) is 0 Å². The van der Waals surface area contributed by atoms with Gasteiger partial charge in [-0.05, 0) is 53.6 Å². The number of halogens is 4. The minimum Gasteiger partial charge on any atom is -0.481 e. The Kier molecular flexibility index (Phi) is 7.71. The van der Waals surface area contributed by atoms with Crippen molar-refractivity contribution < 1.29 is 37.6 Å². The fraction of sp³-hybridized carbons (Fsp3) is 0.476. The average molecular weight is 479 g/mol. The van der Waals surface area contributed by atoms with Crippen molar-refractivity contribution >= 4 is 30.5 Å². The fourth-order valence-electron chi connectivity index (χ4n) is 3.57. The van der Waals surface area contributed by atoms with Crippen LogP contribution >= 0.6 is 19.0 Å². The van der Waals surface area contributed by atoms with Gasteiger partial charge in [0.2, 0.25) is 0 Å². The summed E-state index contributed by atoms with van der Waals surface area (Å²) in [5.41, 5.74) is 2.43. The Labute approximate surface area is 183 Å². The van der Waals surface area contributed by atoms with Gasteiger partial charge in [-0.25, -0.2) is 0 Å². The fourth-order valence-corrected chi connectivity index (χ4v) is 4.94. The number of hydrogen-bond acceptors (Lipinski definition) is 3. The first kappa shape index (κ1) is 25.5. The molecule has 31 heavy (non-hydrogen) atoms. The third-order valence-corrected chi connectivity index (χ3v) is 6.74. The number of allylic oxidation sites excluding steroid dienone is 2. The summed E-state index contributed by atoms with van der Waals surface area (Å²) in [6.45, 7) is 3.76. The Morgan fingerprint density at radius 1 is 1.35 bits per heavy atom. The number of carboxylic acids is 1. The average Bonchev–Trinajstić information content (AvgIpc) is 2.57. The molecule has 10 heteroatoms. The van der Waals surface area contributed by atoms with Gasteiger partial charge in [0.25, 0.3) is 7.37 Å². The summed E-state index contributed by atoms with van der Waals surface area (Å²) in [7, 11) is -4.17. The van der Waals surface area contributed by atoms with Gasteiger partial charge >= 0.3 is 12.1 Å². The van der Waals surface area contributed by atoms with E-state index in [1.807, 2.05) is 13.8 Å². The first-order valence-corrected chi connectivity index (χ1v) is 11.7. The molecule has 170 valence electrons. The highest BCUT2D eigenvalue weighted by atomic mass is 35.5. The van der Waals surface area contributed by atoms with Crippen LogP contribution in [0.1, 0.15) is 50.7 Å². The molecule has 1 aliphatic carbocycles. The van der Waals surface area contributed by atoms with Crippen LogP contribution in [0.5, 0.6) is 0 Å². The van der Waals surface area contributed by atoms with Crippen LogP contribution in [0.3, 0.4) is 0 Å². The maximum Gasteiger partial charge on any atom is 0.417 e. The molecule has 0 saturated carbocycles. The zero-order chi connectivity index (χ0) is 23.6. The molecule has 0 radical (unpaired) electrons. The number of alkyl halides is 3. The van der Waals surface area contributed by atoms with Crippen molar-refractivity contribution in [2.24, 2.45) is 5.41 Å². The predicted octanol–water partition coefficient (Wildman–Crippen LogP) is 5.39. The molecule has 1 aromatic rings. The SMILES string of the molecule is CC1(C)CCCC(c2ccc(C(F)(F)F)c(Cl)c2)=C1C#CP(=O)(O)C[C@@H](O)CC(=O)O. The van der Waals surface area contributed by atoms with E-state index in [-0.39, 0.29) is 0 Å². The normalized spacial score (nSPS) is 19.2. The van der Waals surface area contributed by atoms with E-state index in [0.29, 0.717) is 29.6 Å². The van der Waals surface area contributed by atoms with Crippen LogP contribution < -0.4 is 0 Å². The van der Waals surface area contributed by atoms with Gasteiger partial charge in [0.15, 0.2) is 0 Å². The standard InChI is InChI=1S/C21H23ClF3O5P/c1-20(2)8-3-4-15(13-5-6-17(18(22)10-13)21(23,24)25)16(20)7-9-31(29,30)12-14(26)11-19(27)28/h5-6,10,14,26H,3-4,8,11-12H2,1-2H3,(H,27,28)(H,29,30)/t14-/m0/s1. The van der Waals surface area contributed by atoms with E-state index in [4.69, 9.17) is 16.7 Å². The second kappa shape index (κ2) is 9.38. The lowest BCUT2D eigenvalue weighted by atomic mass is 9.71. The minimum atomic E-state index is -4.58. The van der Waals surface area contributed by atoms with Crippen molar-refractivity contribution in [3.8, 4) is 11.6 Å². The van der Waals surface area contributed by atoms with Crippen molar-refractivity contribution in [2.45, 2.75) is 51.8 Å². The van der Waals surface area contributed by atoms with Gasteiger partial charge in [-0.1, -0.05) is 37.4 Å². The highest BCUT2D eigenvalue weighted by Crippen LogP contribution is 2.46. The van der Waals surface area contributed by atoms with E-state index in [1.165, 1.54) is 12.1 Å². The second-order valence-electron chi connectivity index (χ2n) is 8.16. The van der Waals surface area contributed by atoms with E-state index < -0.39 is 54.2 Å². The molecule has 0 bridgehead atoms. The molecule has 0 spiro atoms. The smallest absolute Gasteiger partial charge is 0.417 e. The van der Waals surface area contributed by atoms with E-state index in [2.05, 4.69) is 11.6 Å². The van der Waals surface area contributed by atoms with E-state index in [9.17, 15) is 32.5 Å². The third-order valence-electron chi connectivity index (χ3n) is 5.05. The van der Waals surface area contributed by atoms with Gasteiger partial charge < -0.3 is 15.1 Å². The van der Waals surface area contributed by atoms with Crippen LogP contribution in [0, 0.1) is 17.0 Å². The molecule has 3 N–H and O–H groups in total. The third kappa shape index (κ3) is 6.85. The molecular formula is C21H23ClF3O5P. The summed E-state index contributed by atoms with van der Waals surface area (Å²) >= 11 is 5.86. The molecule has 0 fully saturated rings. The van der Waals surface area contributed by atoms with Gasteiger partial charge in [-0.3, -0.25) is 9.36 Å². The number of aliphatic carboxylic acids is 1. The number of aliphatic hydroxyl groups is 1. The minimum absolute atomic E-state index is 0.446. The second-order valence-corrected chi connectivity index (χ2v) is 10.6. The van der Waals surface area contributed by atoms with Crippen LogP contribution in [0.4, 0.5) is 13.2 Å². The van der Waals surface area contributed by atoms with Gasteiger partial charge in [0.05, 0.1) is 29.3 Å². The summed E-state index contributed by atoms with van der Waals surface area (Å²) in [6, 6.07) is 3.43. The molecule has 0 amide bonds. The molecule has 1 aliphatic rings. The number of benzene rings is 1. The number of hydrogen-bond donors (Lipinski definition) is 3. The predicted molar refractivity (Wildman–Crippen MR) is 112 cm³/mol. The van der Waals surface area contributed by atoms with Gasteiger partial charge in [0.1, 0.15) is 0 Å². The number of aliphatic hydroxyl groups excluding tert-OH is 1. The molecule has 1 aromatic carbocycles. The lowest BCUT2D eigenvalue weighted by Gasteiger charge is -2.33. The summed E-state index contributed by atoms with van der Waals surface area (Å²) in [4.78, 5) is 20.7. The number of rotatable bonds is 5. The monoisotopic (exact) mass is 478 g/mol. The summed E-state index contributed by atoms with van der Waals surface area (Å²) in [5.74, 6) is 1.41. The molecule has 0 aromatic heterocycles. The maximum absolute atomic E-state index is 13.0. The molecule has 0 heterocycles. The van der Waals surface area contributed by atoms with Crippen LogP contribution in [-0.4, -0.2) is 33.3 Å². The van der Waals surface area contributed by atoms with Crippen molar-refractivity contribution in [1.29, 1.82) is 0 Å². The van der Waals surface area contributed by atoms with Crippen molar-refractivity contribution in [2.75, 3.05) is 6.16 Å². The largest absolute Gasteiger partial charge is 0.481 e. The quantitative estimate of drug-likeness (QED) is 0.389. The molecule has 1 unspecified atom stereocenters.